The molecule has 0 saturated carbocycles. The molecule has 0 fully saturated rings. The van der Waals surface area contributed by atoms with E-state index in [0.717, 1.165) is 4.96 Å². The van der Waals surface area contributed by atoms with Crippen LogP contribution in [0.15, 0.2) is 16.2 Å². The second-order valence-electron chi connectivity index (χ2n) is 2.53. The molecule has 0 radical (unpaired) electrons. The number of ether oxygens (including phenoxy) is 1. The number of aromatic nitrogens is 2. The van der Waals surface area contributed by atoms with Crippen LogP contribution in [-0.4, -0.2) is 22.0 Å². The lowest BCUT2D eigenvalue weighted by Gasteiger charge is -1.97. The Balaban J connectivity index is 2.47. The van der Waals surface area contributed by atoms with Crippen molar-refractivity contribution in [2.24, 2.45) is 0 Å². The quantitative estimate of drug-likeness (QED) is 0.790. The summed E-state index contributed by atoms with van der Waals surface area (Å²) in [5.74, 6) is -0.393. The molecule has 0 unspecified atom stereocenters. The summed E-state index contributed by atoms with van der Waals surface area (Å²) in [7, 11) is 0. The van der Waals surface area contributed by atoms with E-state index >= 15 is 0 Å². The molecular formula is C8H7BrN2O2S. The Morgan fingerprint density at radius 2 is 2.57 bits per heavy atom. The average molecular weight is 275 g/mol. The maximum Gasteiger partial charge on any atom is 0.359 e. The number of imidazole rings is 1. The molecular weight excluding hydrogens is 268 g/mol. The summed E-state index contributed by atoms with van der Waals surface area (Å²) in [5.41, 5.74) is 0.332. The van der Waals surface area contributed by atoms with E-state index in [9.17, 15) is 4.79 Å². The van der Waals surface area contributed by atoms with Gasteiger partial charge in [0.2, 0.25) is 0 Å². The van der Waals surface area contributed by atoms with Crippen molar-refractivity contribution in [1.29, 1.82) is 0 Å². The lowest BCUT2D eigenvalue weighted by atomic mass is 10.5. The van der Waals surface area contributed by atoms with Gasteiger partial charge in [-0.2, -0.15) is 0 Å². The second kappa shape index (κ2) is 3.70. The van der Waals surface area contributed by atoms with Gasteiger partial charge in [-0.3, -0.25) is 4.40 Å². The minimum Gasteiger partial charge on any atom is -0.461 e. The Bertz CT molecular complexity index is 477. The lowest BCUT2D eigenvalue weighted by Crippen LogP contribution is -2.05. The summed E-state index contributed by atoms with van der Waals surface area (Å²) in [6.45, 7) is 2.13. The zero-order chi connectivity index (χ0) is 10.1. The minimum absolute atomic E-state index is 0.332. The number of thiazole rings is 1. The molecule has 0 amide bonds. The Morgan fingerprint density at radius 1 is 1.79 bits per heavy atom. The number of esters is 1. The monoisotopic (exact) mass is 274 g/mol. The summed E-state index contributed by atoms with van der Waals surface area (Å²) < 4.78 is 7.32. The van der Waals surface area contributed by atoms with Gasteiger partial charge in [-0.05, 0) is 22.9 Å². The van der Waals surface area contributed by atoms with Crippen LogP contribution >= 0.6 is 27.3 Å². The molecule has 2 heterocycles. The molecule has 0 atom stereocenters. The molecule has 0 spiro atoms. The zero-order valence-corrected chi connectivity index (χ0v) is 9.76. The Hall–Kier alpha value is -0.880. The Labute approximate surface area is 92.6 Å². The fourth-order valence-electron chi connectivity index (χ4n) is 1.09. The molecule has 14 heavy (non-hydrogen) atoms. The highest BCUT2D eigenvalue weighted by Gasteiger charge is 2.18. The van der Waals surface area contributed by atoms with E-state index in [1.807, 2.05) is 11.6 Å². The molecule has 0 aromatic carbocycles. The molecule has 0 aliphatic rings. The molecule has 6 heteroatoms. The first-order valence-corrected chi connectivity index (χ1v) is 5.69. The van der Waals surface area contributed by atoms with E-state index in [2.05, 4.69) is 20.9 Å². The van der Waals surface area contributed by atoms with Gasteiger partial charge < -0.3 is 4.74 Å². The van der Waals surface area contributed by atoms with Crippen LogP contribution in [0.1, 0.15) is 17.4 Å². The first kappa shape index (κ1) is 9.67. The minimum atomic E-state index is -0.393. The third-order valence-corrected chi connectivity index (χ3v) is 3.19. The van der Waals surface area contributed by atoms with Crippen LogP contribution in [0.25, 0.3) is 4.96 Å². The third-order valence-electron chi connectivity index (χ3n) is 1.67. The van der Waals surface area contributed by atoms with Gasteiger partial charge in [0.25, 0.3) is 0 Å². The highest BCUT2D eigenvalue weighted by molar-refractivity contribution is 9.10. The molecule has 0 aliphatic heterocycles. The van der Waals surface area contributed by atoms with E-state index in [0.29, 0.717) is 16.9 Å². The van der Waals surface area contributed by atoms with Gasteiger partial charge in [-0.25, -0.2) is 9.78 Å². The van der Waals surface area contributed by atoms with Gasteiger partial charge in [-0.15, -0.1) is 11.3 Å². The van der Waals surface area contributed by atoms with Gasteiger partial charge in [-0.1, -0.05) is 0 Å². The average Bonchev–Trinajstić information content (AvgIpc) is 2.69. The third kappa shape index (κ3) is 1.44. The van der Waals surface area contributed by atoms with Crippen LogP contribution in [0.4, 0.5) is 0 Å². The van der Waals surface area contributed by atoms with Crippen molar-refractivity contribution < 1.29 is 9.53 Å². The normalized spacial score (nSPS) is 10.7. The molecule has 2 aromatic heterocycles. The van der Waals surface area contributed by atoms with Gasteiger partial charge in [0.15, 0.2) is 10.7 Å². The van der Waals surface area contributed by atoms with E-state index in [4.69, 9.17) is 4.74 Å². The number of halogens is 1. The first-order valence-electron chi connectivity index (χ1n) is 4.02. The van der Waals surface area contributed by atoms with E-state index in [1.54, 1.807) is 11.3 Å². The molecule has 4 nitrogen and oxygen atoms in total. The number of hydrogen-bond donors (Lipinski definition) is 0. The van der Waals surface area contributed by atoms with Crippen molar-refractivity contribution in [3.05, 3.63) is 21.9 Å². The zero-order valence-electron chi connectivity index (χ0n) is 7.36. The highest BCUT2D eigenvalue weighted by atomic mass is 79.9. The molecule has 0 saturated heterocycles. The molecule has 0 N–H and O–H groups in total. The van der Waals surface area contributed by atoms with Gasteiger partial charge >= 0.3 is 5.97 Å². The van der Waals surface area contributed by atoms with Crippen molar-refractivity contribution in [2.45, 2.75) is 6.92 Å². The summed E-state index contributed by atoms with van der Waals surface area (Å²) in [4.78, 5) is 16.3. The fourth-order valence-corrected chi connectivity index (χ4v) is 2.46. The van der Waals surface area contributed by atoms with Gasteiger partial charge in [0.1, 0.15) is 4.60 Å². The van der Waals surface area contributed by atoms with E-state index < -0.39 is 5.97 Å². The summed E-state index contributed by atoms with van der Waals surface area (Å²) in [5, 5.41) is 1.90. The van der Waals surface area contributed by atoms with E-state index in [-0.39, 0.29) is 0 Å². The smallest absolute Gasteiger partial charge is 0.359 e. The van der Waals surface area contributed by atoms with Crippen molar-refractivity contribution in [2.75, 3.05) is 6.61 Å². The SMILES string of the molecule is CCOC(=O)c1nc2sccn2c1Br. The van der Waals surface area contributed by atoms with Crippen LogP contribution in [-0.2, 0) is 4.74 Å². The lowest BCUT2D eigenvalue weighted by molar-refractivity contribution is 0.0519. The fraction of sp³-hybridized carbons (Fsp3) is 0.250. The predicted octanol–water partition coefficient (Wildman–Crippen LogP) is 2.34. The predicted molar refractivity (Wildman–Crippen MR) is 56.7 cm³/mol. The molecule has 0 bridgehead atoms. The van der Waals surface area contributed by atoms with Crippen molar-refractivity contribution in [3.8, 4) is 0 Å². The van der Waals surface area contributed by atoms with Crippen LogP contribution < -0.4 is 0 Å². The maximum atomic E-state index is 11.4. The number of hydrogen-bond acceptors (Lipinski definition) is 4. The number of carbonyl (C=O) groups excluding carboxylic acids is 1. The molecule has 74 valence electrons. The molecule has 2 rings (SSSR count). The maximum absolute atomic E-state index is 11.4. The Kier molecular flexibility index (Phi) is 2.56. The van der Waals surface area contributed by atoms with Crippen molar-refractivity contribution >= 4 is 38.2 Å². The van der Waals surface area contributed by atoms with Crippen LogP contribution in [0.2, 0.25) is 0 Å². The summed E-state index contributed by atoms with van der Waals surface area (Å²) in [6.07, 6.45) is 1.85. The topological polar surface area (TPSA) is 43.6 Å². The summed E-state index contributed by atoms with van der Waals surface area (Å²) >= 11 is 4.78. The largest absolute Gasteiger partial charge is 0.461 e. The standard InChI is InChI=1S/C8H7BrN2O2S/c1-2-13-7(12)5-6(9)11-3-4-14-8(11)10-5/h3-4H,2H2,1H3. The summed E-state index contributed by atoms with van der Waals surface area (Å²) in [6, 6.07) is 0. The second-order valence-corrected chi connectivity index (χ2v) is 4.15. The van der Waals surface area contributed by atoms with Crippen LogP contribution in [0.5, 0.6) is 0 Å². The Morgan fingerprint density at radius 3 is 3.21 bits per heavy atom. The number of fused-ring (bicyclic) bond motifs is 1. The van der Waals surface area contributed by atoms with Crippen LogP contribution in [0.3, 0.4) is 0 Å². The first-order chi connectivity index (χ1) is 6.74. The van der Waals surface area contributed by atoms with Gasteiger partial charge in [0.05, 0.1) is 6.61 Å². The highest BCUT2D eigenvalue weighted by Crippen LogP contribution is 2.22. The molecule has 2 aromatic rings. The molecule has 0 aliphatic carbocycles. The van der Waals surface area contributed by atoms with E-state index in [1.165, 1.54) is 11.3 Å². The number of rotatable bonds is 2. The number of carbonyl (C=O) groups is 1. The van der Waals surface area contributed by atoms with Crippen molar-refractivity contribution in [3.63, 3.8) is 0 Å². The number of nitrogens with zero attached hydrogens (tertiary/aromatic N) is 2. The van der Waals surface area contributed by atoms with Gasteiger partial charge in [0, 0.05) is 11.6 Å². The van der Waals surface area contributed by atoms with Crippen molar-refractivity contribution in [1.82, 2.24) is 9.38 Å². The van der Waals surface area contributed by atoms with Crippen LogP contribution in [0, 0.1) is 0 Å².